The third kappa shape index (κ3) is 3.34. The summed E-state index contributed by atoms with van der Waals surface area (Å²) in [5.74, 6) is -0.0592. The zero-order valence-corrected chi connectivity index (χ0v) is 13.3. The van der Waals surface area contributed by atoms with E-state index < -0.39 is 15.3 Å². The van der Waals surface area contributed by atoms with Crippen LogP contribution in [0.4, 0.5) is 0 Å². The van der Waals surface area contributed by atoms with Crippen LogP contribution in [0.25, 0.3) is 0 Å². The Bertz CT molecular complexity index is 559. The Morgan fingerprint density at radius 2 is 2.05 bits per heavy atom. The number of halogens is 1. The van der Waals surface area contributed by atoms with Crippen molar-refractivity contribution in [3.63, 3.8) is 0 Å². The van der Waals surface area contributed by atoms with Crippen molar-refractivity contribution in [2.24, 2.45) is 5.92 Å². The van der Waals surface area contributed by atoms with Crippen LogP contribution in [0.15, 0.2) is 24.3 Å². The van der Waals surface area contributed by atoms with Crippen LogP contribution in [-0.4, -0.2) is 45.3 Å². The minimum Gasteiger partial charge on any atom is -0.381 e. The van der Waals surface area contributed by atoms with E-state index in [1.54, 1.807) is 14.1 Å². The Balaban J connectivity index is 2.22. The molecule has 6 heteroatoms. The van der Waals surface area contributed by atoms with Gasteiger partial charge in [-0.2, -0.15) is 0 Å². The molecule has 0 aliphatic carbocycles. The van der Waals surface area contributed by atoms with Gasteiger partial charge in [-0.1, -0.05) is 29.8 Å². The molecule has 0 aromatic heterocycles. The van der Waals surface area contributed by atoms with Crippen molar-refractivity contribution in [1.82, 2.24) is 4.31 Å². The van der Waals surface area contributed by atoms with E-state index in [-0.39, 0.29) is 5.92 Å². The number of hydrogen-bond acceptors (Lipinski definition) is 3. The average molecular weight is 318 g/mol. The minimum absolute atomic E-state index is 0.0592. The quantitative estimate of drug-likeness (QED) is 0.855. The maximum absolute atomic E-state index is 12.4. The number of benzene rings is 1. The molecule has 0 bridgehead atoms. The second-order valence-corrected chi connectivity index (χ2v) is 8.06. The Kier molecular flexibility index (Phi) is 5.07. The van der Waals surface area contributed by atoms with Crippen molar-refractivity contribution < 1.29 is 13.2 Å². The summed E-state index contributed by atoms with van der Waals surface area (Å²) in [6, 6.07) is 7.56. The molecule has 1 aliphatic rings. The molecular formula is C14H20ClNO3S. The first-order valence-electron chi connectivity index (χ1n) is 6.65. The molecule has 2 rings (SSSR count). The van der Waals surface area contributed by atoms with Gasteiger partial charge in [0.1, 0.15) is 0 Å². The van der Waals surface area contributed by atoms with Gasteiger partial charge < -0.3 is 4.74 Å². The average Bonchev–Trinajstić information content (AvgIpc) is 2.41. The number of sulfonamides is 1. The van der Waals surface area contributed by atoms with Crippen LogP contribution < -0.4 is 0 Å². The molecule has 20 heavy (non-hydrogen) atoms. The molecule has 1 saturated heterocycles. The fourth-order valence-electron chi connectivity index (χ4n) is 2.58. The standard InChI is InChI=1S/C14H20ClNO3S/c1-16(2)20(17,18)14-7-8-19-10-12(14)9-11-5-3-4-6-13(11)15/h3-6,12,14H,7-10H2,1-2H3/t12-,14+/m0/s1. The second-order valence-electron chi connectivity index (χ2n) is 5.28. The molecule has 0 saturated carbocycles. The first-order valence-corrected chi connectivity index (χ1v) is 8.53. The summed E-state index contributed by atoms with van der Waals surface area (Å²) in [5.41, 5.74) is 0.976. The summed E-state index contributed by atoms with van der Waals surface area (Å²) in [6.07, 6.45) is 1.16. The fraction of sp³-hybridized carbons (Fsp3) is 0.571. The predicted molar refractivity (Wildman–Crippen MR) is 80.5 cm³/mol. The Labute approximate surface area is 125 Å². The molecule has 0 amide bonds. The summed E-state index contributed by atoms with van der Waals surface area (Å²) in [7, 11) is -0.110. The van der Waals surface area contributed by atoms with E-state index in [4.69, 9.17) is 16.3 Å². The van der Waals surface area contributed by atoms with Crippen LogP contribution in [0, 0.1) is 5.92 Å². The van der Waals surface area contributed by atoms with E-state index in [0.717, 1.165) is 5.56 Å². The van der Waals surface area contributed by atoms with Gasteiger partial charge in [0.2, 0.25) is 10.0 Å². The van der Waals surface area contributed by atoms with E-state index in [9.17, 15) is 8.42 Å². The molecule has 1 heterocycles. The first kappa shape index (κ1) is 15.8. The van der Waals surface area contributed by atoms with Gasteiger partial charge in [-0.15, -0.1) is 0 Å². The topological polar surface area (TPSA) is 46.6 Å². The summed E-state index contributed by atoms with van der Waals surface area (Å²) >= 11 is 6.17. The van der Waals surface area contributed by atoms with Crippen molar-refractivity contribution in [1.29, 1.82) is 0 Å². The van der Waals surface area contributed by atoms with Gasteiger partial charge in [-0.05, 0) is 24.5 Å². The smallest absolute Gasteiger partial charge is 0.216 e. The van der Waals surface area contributed by atoms with Gasteiger partial charge in [-0.25, -0.2) is 12.7 Å². The third-order valence-electron chi connectivity index (χ3n) is 3.74. The second kappa shape index (κ2) is 6.43. The normalized spacial score (nSPS) is 24.0. The lowest BCUT2D eigenvalue weighted by Gasteiger charge is -2.33. The molecule has 112 valence electrons. The fourth-order valence-corrected chi connectivity index (χ4v) is 4.39. The molecule has 1 aromatic carbocycles. The van der Waals surface area contributed by atoms with Gasteiger partial charge in [-0.3, -0.25) is 0 Å². The molecule has 4 nitrogen and oxygen atoms in total. The van der Waals surface area contributed by atoms with Gasteiger partial charge in [0.25, 0.3) is 0 Å². The molecule has 0 radical (unpaired) electrons. The van der Waals surface area contributed by atoms with E-state index in [1.165, 1.54) is 4.31 Å². The van der Waals surface area contributed by atoms with Crippen molar-refractivity contribution in [2.75, 3.05) is 27.3 Å². The van der Waals surface area contributed by atoms with Crippen LogP contribution in [0.3, 0.4) is 0 Å². The number of ether oxygens (including phenoxy) is 1. The van der Waals surface area contributed by atoms with Gasteiger partial charge in [0, 0.05) is 31.6 Å². The largest absolute Gasteiger partial charge is 0.381 e. The first-order chi connectivity index (χ1) is 9.43. The highest BCUT2D eigenvalue weighted by Gasteiger charge is 2.37. The van der Waals surface area contributed by atoms with E-state index in [1.807, 2.05) is 24.3 Å². The molecule has 0 N–H and O–H groups in total. The molecule has 2 atom stereocenters. The summed E-state index contributed by atoms with van der Waals surface area (Å²) in [4.78, 5) is 0. The van der Waals surface area contributed by atoms with Crippen LogP contribution in [0.2, 0.25) is 5.02 Å². The minimum atomic E-state index is -3.27. The lowest BCUT2D eigenvalue weighted by molar-refractivity contribution is 0.0563. The van der Waals surface area contributed by atoms with Crippen LogP contribution in [0.1, 0.15) is 12.0 Å². The summed E-state index contributed by atoms with van der Waals surface area (Å²) in [5, 5.41) is 0.279. The van der Waals surface area contributed by atoms with Crippen LogP contribution in [0.5, 0.6) is 0 Å². The lowest BCUT2D eigenvalue weighted by atomic mass is 9.93. The number of rotatable bonds is 4. The number of nitrogens with zero attached hydrogens (tertiary/aromatic N) is 1. The summed E-state index contributed by atoms with van der Waals surface area (Å²) in [6.45, 7) is 0.958. The van der Waals surface area contributed by atoms with Crippen LogP contribution >= 0.6 is 11.6 Å². The zero-order chi connectivity index (χ0) is 14.8. The maximum Gasteiger partial charge on any atom is 0.216 e. The van der Waals surface area contributed by atoms with E-state index in [2.05, 4.69) is 0 Å². The Hall–Kier alpha value is -0.620. The molecule has 0 unspecified atom stereocenters. The Morgan fingerprint density at radius 3 is 2.70 bits per heavy atom. The monoisotopic (exact) mass is 317 g/mol. The van der Waals surface area contributed by atoms with Crippen molar-refractivity contribution in [2.45, 2.75) is 18.1 Å². The Morgan fingerprint density at radius 1 is 1.35 bits per heavy atom. The lowest BCUT2D eigenvalue weighted by Crippen LogP contribution is -2.44. The molecule has 1 aromatic rings. The highest BCUT2D eigenvalue weighted by atomic mass is 35.5. The van der Waals surface area contributed by atoms with Gasteiger partial charge >= 0.3 is 0 Å². The van der Waals surface area contributed by atoms with Crippen molar-refractivity contribution in [3.05, 3.63) is 34.9 Å². The van der Waals surface area contributed by atoms with Gasteiger partial charge in [0.15, 0.2) is 0 Å². The highest BCUT2D eigenvalue weighted by molar-refractivity contribution is 7.89. The highest BCUT2D eigenvalue weighted by Crippen LogP contribution is 2.29. The van der Waals surface area contributed by atoms with Gasteiger partial charge in [0.05, 0.1) is 11.9 Å². The van der Waals surface area contributed by atoms with E-state index >= 15 is 0 Å². The SMILES string of the molecule is CN(C)S(=O)(=O)[C@@H]1CCOC[C@@H]1Cc1ccccc1Cl. The molecular weight excluding hydrogens is 298 g/mol. The number of hydrogen-bond donors (Lipinski definition) is 0. The van der Waals surface area contributed by atoms with Crippen molar-refractivity contribution in [3.8, 4) is 0 Å². The molecule has 1 aliphatic heterocycles. The molecule has 1 fully saturated rings. The molecule has 0 spiro atoms. The third-order valence-corrected chi connectivity index (χ3v) is 6.51. The summed E-state index contributed by atoms with van der Waals surface area (Å²) < 4.78 is 31.6. The maximum atomic E-state index is 12.4. The zero-order valence-electron chi connectivity index (χ0n) is 11.8. The predicted octanol–water partition coefficient (Wildman–Crippen LogP) is 2.18. The van der Waals surface area contributed by atoms with Crippen molar-refractivity contribution >= 4 is 21.6 Å². The van der Waals surface area contributed by atoms with E-state index in [0.29, 0.717) is 31.1 Å². The van der Waals surface area contributed by atoms with Crippen LogP contribution in [-0.2, 0) is 21.2 Å².